The Labute approximate surface area is 131 Å². The smallest absolute Gasteiger partial charge is 0.216 e. The Morgan fingerprint density at radius 1 is 1.33 bits per heavy atom. The standard InChI is InChI=1S/C14H15N3O2S2/c1-10(18)16-5-4-11-2-3-13(21-11)12(19)9-20-14-8-15-6-7-17-14/h2-3,6-8H,4-5,9H2,1H3,(H,16,18). The van der Waals surface area contributed by atoms with Gasteiger partial charge in [-0.25, -0.2) is 4.98 Å². The molecule has 0 fully saturated rings. The number of thioether (sulfide) groups is 1. The Kier molecular flexibility index (Phi) is 5.89. The Balaban J connectivity index is 1.83. The molecule has 0 aliphatic rings. The van der Waals surface area contributed by atoms with Gasteiger partial charge in [0.1, 0.15) is 5.03 Å². The first-order chi connectivity index (χ1) is 10.1. The number of thiophene rings is 1. The van der Waals surface area contributed by atoms with Gasteiger partial charge in [-0.1, -0.05) is 11.8 Å². The SMILES string of the molecule is CC(=O)NCCc1ccc(C(=O)CSc2cnccn2)s1. The molecule has 0 saturated carbocycles. The summed E-state index contributed by atoms with van der Waals surface area (Å²) in [6, 6.07) is 3.78. The van der Waals surface area contributed by atoms with Gasteiger partial charge in [0, 0.05) is 30.7 Å². The average Bonchev–Trinajstić information content (AvgIpc) is 2.94. The quantitative estimate of drug-likeness (QED) is 0.625. The Morgan fingerprint density at radius 3 is 2.90 bits per heavy atom. The van der Waals surface area contributed by atoms with E-state index in [9.17, 15) is 9.59 Å². The van der Waals surface area contributed by atoms with Crippen LogP contribution >= 0.6 is 23.1 Å². The van der Waals surface area contributed by atoms with E-state index in [0.29, 0.717) is 12.3 Å². The summed E-state index contributed by atoms with van der Waals surface area (Å²) in [4.78, 5) is 32.8. The van der Waals surface area contributed by atoms with E-state index in [-0.39, 0.29) is 11.7 Å². The minimum atomic E-state index is -0.0387. The maximum atomic E-state index is 12.1. The van der Waals surface area contributed by atoms with Crippen LogP contribution in [0.5, 0.6) is 0 Å². The van der Waals surface area contributed by atoms with Gasteiger partial charge in [-0.2, -0.15) is 0 Å². The molecule has 0 aromatic carbocycles. The molecule has 0 unspecified atom stereocenters. The normalized spacial score (nSPS) is 10.3. The van der Waals surface area contributed by atoms with Crippen LogP contribution in [0.4, 0.5) is 0 Å². The third kappa shape index (κ3) is 5.28. The van der Waals surface area contributed by atoms with Gasteiger partial charge in [0.25, 0.3) is 0 Å². The highest BCUT2D eigenvalue weighted by Crippen LogP contribution is 2.21. The van der Waals surface area contributed by atoms with Crippen molar-refractivity contribution >= 4 is 34.8 Å². The highest BCUT2D eigenvalue weighted by Gasteiger charge is 2.10. The summed E-state index contributed by atoms with van der Waals surface area (Å²) < 4.78 is 0. The number of ketones is 1. The topological polar surface area (TPSA) is 72.0 Å². The summed E-state index contributed by atoms with van der Waals surface area (Å²) in [7, 11) is 0. The summed E-state index contributed by atoms with van der Waals surface area (Å²) in [5.41, 5.74) is 0. The third-order valence-corrected chi connectivity index (χ3v) is 4.67. The predicted octanol–water partition coefficient (Wildman–Crippen LogP) is 2.19. The van der Waals surface area contributed by atoms with Crippen molar-refractivity contribution in [1.82, 2.24) is 15.3 Å². The predicted molar refractivity (Wildman–Crippen MR) is 83.8 cm³/mol. The molecule has 0 aliphatic heterocycles. The Morgan fingerprint density at radius 2 is 2.19 bits per heavy atom. The molecule has 21 heavy (non-hydrogen) atoms. The van der Waals surface area contributed by atoms with Crippen molar-refractivity contribution in [3.05, 3.63) is 40.5 Å². The molecule has 0 radical (unpaired) electrons. The Bertz CT molecular complexity index is 614. The van der Waals surface area contributed by atoms with Crippen LogP contribution in [0.25, 0.3) is 0 Å². The van der Waals surface area contributed by atoms with Crippen molar-refractivity contribution in [1.29, 1.82) is 0 Å². The van der Waals surface area contributed by atoms with Crippen molar-refractivity contribution in [2.24, 2.45) is 0 Å². The molecule has 2 heterocycles. The monoisotopic (exact) mass is 321 g/mol. The molecule has 110 valence electrons. The fourth-order valence-corrected chi connectivity index (χ4v) is 3.34. The number of amides is 1. The first-order valence-electron chi connectivity index (χ1n) is 6.40. The summed E-state index contributed by atoms with van der Waals surface area (Å²) in [6.45, 7) is 2.09. The zero-order chi connectivity index (χ0) is 15.1. The highest BCUT2D eigenvalue weighted by molar-refractivity contribution is 7.99. The minimum Gasteiger partial charge on any atom is -0.356 e. The van der Waals surface area contributed by atoms with Crippen LogP contribution in [0.15, 0.2) is 35.7 Å². The van der Waals surface area contributed by atoms with Crippen LogP contribution in [0, 0.1) is 0 Å². The second kappa shape index (κ2) is 7.90. The zero-order valence-corrected chi connectivity index (χ0v) is 13.2. The molecule has 0 bridgehead atoms. The lowest BCUT2D eigenvalue weighted by Gasteiger charge is -1.99. The second-order valence-electron chi connectivity index (χ2n) is 4.25. The molecule has 2 aromatic rings. The maximum Gasteiger partial charge on any atom is 0.216 e. The number of hydrogen-bond donors (Lipinski definition) is 1. The van der Waals surface area contributed by atoms with E-state index in [0.717, 1.165) is 21.2 Å². The molecule has 0 aliphatic carbocycles. The number of nitrogens with one attached hydrogen (secondary N) is 1. The fraction of sp³-hybridized carbons (Fsp3) is 0.286. The van der Waals surface area contributed by atoms with Crippen molar-refractivity contribution in [2.75, 3.05) is 12.3 Å². The van der Waals surface area contributed by atoms with Crippen molar-refractivity contribution in [2.45, 2.75) is 18.4 Å². The number of hydrogen-bond acceptors (Lipinski definition) is 6. The minimum absolute atomic E-state index is 0.0387. The molecule has 1 amide bonds. The summed E-state index contributed by atoms with van der Waals surface area (Å²) in [5, 5.41) is 3.49. The fourth-order valence-electron chi connectivity index (χ4n) is 1.59. The molecule has 2 rings (SSSR count). The van der Waals surface area contributed by atoms with Gasteiger partial charge in [-0.3, -0.25) is 14.6 Å². The molecule has 2 aromatic heterocycles. The molecule has 0 spiro atoms. The number of rotatable bonds is 7. The van der Waals surface area contributed by atoms with Crippen molar-refractivity contribution in [3.8, 4) is 0 Å². The molecule has 0 atom stereocenters. The van der Waals surface area contributed by atoms with E-state index in [2.05, 4.69) is 15.3 Å². The largest absolute Gasteiger partial charge is 0.356 e. The van der Waals surface area contributed by atoms with Gasteiger partial charge in [-0.05, 0) is 18.6 Å². The van der Waals surface area contributed by atoms with Crippen LogP contribution in [0.2, 0.25) is 0 Å². The maximum absolute atomic E-state index is 12.1. The first kappa shape index (κ1) is 15.7. The number of aromatic nitrogens is 2. The molecular weight excluding hydrogens is 306 g/mol. The lowest BCUT2D eigenvalue weighted by molar-refractivity contribution is -0.118. The van der Waals surface area contributed by atoms with Gasteiger partial charge < -0.3 is 5.32 Å². The van der Waals surface area contributed by atoms with E-state index in [1.54, 1.807) is 18.6 Å². The summed E-state index contributed by atoms with van der Waals surface area (Å²) in [6.07, 6.45) is 5.60. The van der Waals surface area contributed by atoms with Gasteiger partial charge in [0.2, 0.25) is 5.91 Å². The van der Waals surface area contributed by atoms with E-state index in [1.165, 1.54) is 30.0 Å². The zero-order valence-electron chi connectivity index (χ0n) is 11.5. The van der Waals surface area contributed by atoms with Crippen LogP contribution < -0.4 is 5.32 Å². The lowest BCUT2D eigenvalue weighted by atomic mass is 10.3. The van der Waals surface area contributed by atoms with Gasteiger partial charge in [0.05, 0.1) is 16.8 Å². The van der Waals surface area contributed by atoms with Crippen molar-refractivity contribution in [3.63, 3.8) is 0 Å². The summed E-state index contributed by atoms with van der Waals surface area (Å²) >= 11 is 2.86. The van der Waals surface area contributed by atoms with Crippen LogP contribution in [-0.4, -0.2) is 34.0 Å². The van der Waals surface area contributed by atoms with Crippen molar-refractivity contribution < 1.29 is 9.59 Å². The number of Topliss-reactive ketones (excluding diaryl/α,β-unsaturated/α-hetero) is 1. The number of nitrogens with zero attached hydrogens (tertiary/aromatic N) is 2. The molecule has 5 nitrogen and oxygen atoms in total. The van der Waals surface area contributed by atoms with Gasteiger partial charge in [0.15, 0.2) is 5.78 Å². The van der Waals surface area contributed by atoms with E-state index in [1.807, 2.05) is 12.1 Å². The molecule has 0 saturated heterocycles. The Hall–Kier alpha value is -1.73. The van der Waals surface area contributed by atoms with E-state index in [4.69, 9.17) is 0 Å². The van der Waals surface area contributed by atoms with Gasteiger partial charge >= 0.3 is 0 Å². The van der Waals surface area contributed by atoms with Gasteiger partial charge in [-0.15, -0.1) is 11.3 Å². The molecule has 1 N–H and O–H groups in total. The van der Waals surface area contributed by atoms with Crippen LogP contribution in [0.3, 0.4) is 0 Å². The first-order valence-corrected chi connectivity index (χ1v) is 8.20. The number of carbonyl (C=O) groups is 2. The molecular formula is C14H15N3O2S2. The second-order valence-corrected chi connectivity index (χ2v) is 6.42. The highest BCUT2D eigenvalue weighted by atomic mass is 32.2. The number of carbonyl (C=O) groups excluding carboxylic acids is 2. The van der Waals surface area contributed by atoms with E-state index < -0.39 is 0 Å². The van der Waals surface area contributed by atoms with Crippen LogP contribution in [-0.2, 0) is 11.2 Å². The summed E-state index contributed by atoms with van der Waals surface area (Å²) in [5.74, 6) is 0.398. The third-order valence-electron chi connectivity index (χ3n) is 2.57. The molecule has 7 heteroatoms. The average molecular weight is 321 g/mol. The lowest BCUT2D eigenvalue weighted by Crippen LogP contribution is -2.22. The van der Waals surface area contributed by atoms with E-state index >= 15 is 0 Å². The van der Waals surface area contributed by atoms with Crippen LogP contribution in [0.1, 0.15) is 21.5 Å².